The fourth-order valence-corrected chi connectivity index (χ4v) is 1.63. The second-order valence-corrected chi connectivity index (χ2v) is 3.94. The molecule has 2 rings (SSSR count). The fraction of sp³-hybridized carbons (Fsp3) is 0.143. The molecule has 0 aromatic heterocycles. The van der Waals surface area contributed by atoms with Crippen LogP contribution in [0.3, 0.4) is 0 Å². The number of hydrogen-bond donors (Lipinski definition) is 2. The van der Waals surface area contributed by atoms with Crippen LogP contribution in [0.2, 0.25) is 0 Å². The molecular weight excluding hydrogens is 212 g/mol. The molecule has 0 amide bonds. The Hall–Kier alpha value is -2.16. The van der Waals surface area contributed by atoms with E-state index in [0.717, 1.165) is 28.4 Å². The summed E-state index contributed by atoms with van der Waals surface area (Å²) in [6, 6.07) is 13.7. The van der Waals surface area contributed by atoms with E-state index in [1.807, 2.05) is 49.4 Å². The molecule has 17 heavy (non-hydrogen) atoms. The molecule has 3 nitrogen and oxygen atoms in total. The van der Waals surface area contributed by atoms with Crippen molar-refractivity contribution in [2.45, 2.75) is 6.92 Å². The number of nitrogen functional groups attached to an aromatic ring is 1. The Kier molecular flexibility index (Phi) is 3.19. The van der Waals surface area contributed by atoms with Gasteiger partial charge in [-0.15, -0.1) is 0 Å². The maximum absolute atomic E-state index is 5.94. The molecule has 2 aromatic carbocycles. The van der Waals surface area contributed by atoms with Gasteiger partial charge in [-0.25, -0.2) is 0 Å². The number of methoxy groups -OCH3 is 1. The number of hydrogen-bond acceptors (Lipinski definition) is 3. The normalized spacial score (nSPS) is 10.0. The smallest absolute Gasteiger partial charge is 0.119 e. The van der Waals surface area contributed by atoms with Gasteiger partial charge in [-0.3, -0.25) is 0 Å². The van der Waals surface area contributed by atoms with Crippen LogP contribution < -0.4 is 15.8 Å². The lowest BCUT2D eigenvalue weighted by Crippen LogP contribution is -1.96. The second kappa shape index (κ2) is 4.78. The molecule has 0 bridgehead atoms. The Bertz CT molecular complexity index is 506. The zero-order valence-electron chi connectivity index (χ0n) is 10.0. The van der Waals surface area contributed by atoms with E-state index in [4.69, 9.17) is 10.5 Å². The highest BCUT2D eigenvalue weighted by molar-refractivity contribution is 5.73. The van der Waals surface area contributed by atoms with Crippen LogP contribution in [-0.2, 0) is 0 Å². The quantitative estimate of drug-likeness (QED) is 0.792. The molecule has 3 heteroatoms. The molecule has 3 N–H and O–H groups in total. The minimum Gasteiger partial charge on any atom is -0.497 e. The number of aryl methyl sites for hydroxylation is 1. The van der Waals surface area contributed by atoms with Gasteiger partial charge in [0.2, 0.25) is 0 Å². The summed E-state index contributed by atoms with van der Waals surface area (Å²) in [7, 11) is 1.65. The number of nitrogens with one attached hydrogen (secondary N) is 1. The summed E-state index contributed by atoms with van der Waals surface area (Å²) in [6.45, 7) is 2.02. The lowest BCUT2D eigenvalue weighted by atomic mass is 10.2. The fourth-order valence-electron chi connectivity index (χ4n) is 1.63. The van der Waals surface area contributed by atoms with Crippen molar-refractivity contribution in [3.05, 3.63) is 48.0 Å². The second-order valence-electron chi connectivity index (χ2n) is 3.94. The summed E-state index contributed by atoms with van der Waals surface area (Å²) in [4.78, 5) is 0. The molecule has 0 aliphatic carbocycles. The van der Waals surface area contributed by atoms with Gasteiger partial charge in [0.05, 0.1) is 18.5 Å². The van der Waals surface area contributed by atoms with Crippen LogP contribution in [-0.4, -0.2) is 7.11 Å². The standard InChI is InChI=1S/C14H16N2O/c1-10-3-8-14(13(15)9-10)16-11-4-6-12(17-2)7-5-11/h3-9,16H,15H2,1-2H3. The summed E-state index contributed by atoms with van der Waals surface area (Å²) >= 11 is 0. The Morgan fingerprint density at radius 1 is 1.06 bits per heavy atom. The van der Waals surface area contributed by atoms with Crippen molar-refractivity contribution in [2.75, 3.05) is 18.2 Å². The van der Waals surface area contributed by atoms with Gasteiger partial charge in [-0.05, 0) is 48.9 Å². The molecule has 0 fully saturated rings. The third-order valence-corrected chi connectivity index (χ3v) is 2.58. The number of rotatable bonds is 3. The topological polar surface area (TPSA) is 47.3 Å². The largest absolute Gasteiger partial charge is 0.497 e. The molecule has 0 radical (unpaired) electrons. The van der Waals surface area contributed by atoms with E-state index in [0.29, 0.717) is 0 Å². The Morgan fingerprint density at radius 3 is 2.35 bits per heavy atom. The van der Waals surface area contributed by atoms with Crippen LogP contribution in [0.5, 0.6) is 5.75 Å². The molecule has 88 valence electrons. The van der Waals surface area contributed by atoms with E-state index >= 15 is 0 Å². The van der Waals surface area contributed by atoms with E-state index in [-0.39, 0.29) is 0 Å². The lowest BCUT2D eigenvalue weighted by molar-refractivity contribution is 0.415. The third-order valence-electron chi connectivity index (χ3n) is 2.58. The van der Waals surface area contributed by atoms with E-state index in [2.05, 4.69) is 5.32 Å². The van der Waals surface area contributed by atoms with E-state index in [1.54, 1.807) is 7.11 Å². The van der Waals surface area contributed by atoms with E-state index in [9.17, 15) is 0 Å². The molecule has 0 aliphatic heterocycles. The van der Waals surface area contributed by atoms with Gasteiger partial charge in [0.15, 0.2) is 0 Å². The van der Waals surface area contributed by atoms with Crippen LogP contribution in [0.15, 0.2) is 42.5 Å². The summed E-state index contributed by atoms with van der Waals surface area (Å²) in [6.07, 6.45) is 0. The zero-order chi connectivity index (χ0) is 12.3. The molecule has 0 unspecified atom stereocenters. The van der Waals surface area contributed by atoms with Gasteiger partial charge in [0, 0.05) is 5.69 Å². The molecule has 0 aliphatic rings. The van der Waals surface area contributed by atoms with Gasteiger partial charge in [-0.1, -0.05) is 6.07 Å². The third kappa shape index (κ3) is 2.69. The minimum absolute atomic E-state index is 0.751. The highest BCUT2D eigenvalue weighted by Gasteiger charge is 2.00. The first-order valence-electron chi connectivity index (χ1n) is 5.46. The van der Waals surface area contributed by atoms with Crippen molar-refractivity contribution in [2.24, 2.45) is 0 Å². The van der Waals surface area contributed by atoms with Crippen molar-refractivity contribution < 1.29 is 4.74 Å². The molecule has 2 aromatic rings. The molecule has 0 saturated heterocycles. The summed E-state index contributed by atoms with van der Waals surface area (Å²) < 4.78 is 5.11. The molecule has 0 saturated carbocycles. The number of nitrogens with two attached hydrogens (primary N) is 1. The van der Waals surface area contributed by atoms with E-state index in [1.165, 1.54) is 0 Å². The van der Waals surface area contributed by atoms with Crippen LogP contribution in [0.1, 0.15) is 5.56 Å². The maximum atomic E-state index is 5.94. The highest BCUT2D eigenvalue weighted by Crippen LogP contribution is 2.25. The first-order valence-corrected chi connectivity index (χ1v) is 5.46. The zero-order valence-corrected chi connectivity index (χ0v) is 10.0. The van der Waals surface area contributed by atoms with Crippen molar-refractivity contribution in [1.29, 1.82) is 0 Å². The Labute approximate surface area is 101 Å². The van der Waals surface area contributed by atoms with Crippen molar-refractivity contribution in [1.82, 2.24) is 0 Å². The predicted molar refractivity (Wildman–Crippen MR) is 71.9 cm³/mol. The van der Waals surface area contributed by atoms with Gasteiger partial charge in [0.25, 0.3) is 0 Å². The summed E-state index contributed by atoms with van der Waals surface area (Å²) in [5, 5.41) is 3.27. The molecule has 0 atom stereocenters. The lowest BCUT2D eigenvalue weighted by Gasteiger charge is -2.10. The average Bonchev–Trinajstić information content (AvgIpc) is 2.34. The molecular formula is C14H16N2O. The summed E-state index contributed by atoms with van der Waals surface area (Å²) in [5.41, 5.74) is 9.75. The van der Waals surface area contributed by atoms with Crippen LogP contribution >= 0.6 is 0 Å². The number of ether oxygens (including phenoxy) is 1. The first kappa shape index (κ1) is 11.3. The van der Waals surface area contributed by atoms with Crippen LogP contribution in [0.4, 0.5) is 17.1 Å². The summed E-state index contributed by atoms with van der Waals surface area (Å²) in [5.74, 6) is 0.840. The van der Waals surface area contributed by atoms with Gasteiger partial charge in [-0.2, -0.15) is 0 Å². The average molecular weight is 228 g/mol. The SMILES string of the molecule is COc1ccc(Nc2ccc(C)cc2N)cc1. The van der Waals surface area contributed by atoms with Crippen molar-refractivity contribution >= 4 is 17.1 Å². The minimum atomic E-state index is 0.751. The highest BCUT2D eigenvalue weighted by atomic mass is 16.5. The Balaban J connectivity index is 2.19. The monoisotopic (exact) mass is 228 g/mol. The van der Waals surface area contributed by atoms with Gasteiger partial charge >= 0.3 is 0 Å². The van der Waals surface area contributed by atoms with Crippen molar-refractivity contribution in [3.63, 3.8) is 0 Å². The molecule has 0 heterocycles. The Morgan fingerprint density at radius 2 is 1.76 bits per heavy atom. The van der Waals surface area contributed by atoms with Crippen molar-refractivity contribution in [3.8, 4) is 5.75 Å². The predicted octanol–water partition coefficient (Wildman–Crippen LogP) is 3.33. The van der Waals surface area contributed by atoms with Gasteiger partial charge in [0.1, 0.15) is 5.75 Å². The maximum Gasteiger partial charge on any atom is 0.119 e. The van der Waals surface area contributed by atoms with Gasteiger partial charge < -0.3 is 15.8 Å². The number of benzene rings is 2. The van der Waals surface area contributed by atoms with Crippen LogP contribution in [0, 0.1) is 6.92 Å². The molecule has 0 spiro atoms. The van der Waals surface area contributed by atoms with E-state index < -0.39 is 0 Å². The first-order chi connectivity index (χ1) is 8.19. The number of anilines is 3. The van der Waals surface area contributed by atoms with Crippen LogP contribution in [0.25, 0.3) is 0 Å².